The quantitative estimate of drug-likeness (QED) is 0.776. The van der Waals surface area contributed by atoms with Gasteiger partial charge in [-0.2, -0.15) is 0 Å². The van der Waals surface area contributed by atoms with Crippen LogP contribution in [0.1, 0.15) is 24.8 Å². The van der Waals surface area contributed by atoms with Crippen molar-refractivity contribution in [2.45, 2.75) is 25.9 Å². The van der Waals surface area contributed by atoms with Crippen molar-refractivity contribution < 1.29 is 4.74 Å². The monoisotopic (exact) mass is 331 g/mol. The molecule has 1 N–H and O–H groups in total. The number of hydrogen-bond donors (Lipinski definition) is 1. The maximum atomic E-state index is 5.85. The van der Waals surface area contributed by atoms with Gasteiger partial charge in [0, 0.05) is 6.61 Å². The lowest BCUT2D eigenvalue weighted by molar-refractivity contribution is 0.103. The van der Waals surface area contributed by atoms with Crippen LogP contribution in [0.2, 0.25) is 0 Å². The number of hydrogen-bond acceptors (Lipinski definition) is 2. The topological polar surface area (TPSA) is 21.3 Å². The smallest absolute Gasteiger partial charge is 0.0716 e. The second-order valence-corrected chi connectivity index (χ2v) is 6.10. The Balaban J connectivity index is 0.00000192. The molecular formula is C20H26ClNO. The summed E-state index contributed by atoms with van der Waals surface area (Å²) in [6.45, 7) is 3.95. The second-order valence-electron chi connectivity index (χ2n) is 6.10. The van der Waals surface area contributed by atoms with Crippen molar-refractivity contribution in [3.8, 4) is 11.1 Å². The maximum absolute atomic E-state index is 5.85. The van der Waals surface area contributed by atoms with Crippen molar-refractivity contribution >= 4 is 12.4 Å². The summed E-state index contributed by atoms with van der Waals surface area (Å²) in [6, 6.07) is 19.2. The molecule has 0 unspecified atom stereocenters. The first-order valence-electron chi connectivity index (χ1n) is 8.34. The first kappa shape index (κ1) is 18.0. The zero-order valence-electron chi connectivity index (χ0n) is 13.5. The van der Waals surface area contributed by atoms with Gasteiger partial charge in [-0.3, -0.25) is 0 Å². The van der Waals surface area contributed by atoms with E-state index in [1.165, 1.54) is 49.0 Å². The molecule has 0 amide bonds. The standard InChI is InChI=1S/C20H25NO.ClH/c1-2-4-19(5-3-1)20-8-6-18(7-9-20)16-22-15-12-17-10-13-21-14-11-17;/h1-9,17,21H,10-16H2;1H. The Labute approximate surface area is 145 Å². The third-order valence-corrected chi connectivity index (χ3v) is 4.46. The van der Waals surface area contributed by atoms with E-state index in [2.05, 4.69) is 53.8 Å². The van der Waals surface area contributed by atoms with Crippen molar-refractivity contribution in [2.75, 3.05) is 19.7 Å². The first-order chi connectivity index (χ1) is 10.9. The summed E-state index contributed by atoms with van der Waals surface area (Å²) in [5.74, 6) is 0.849. The summed E-state index contributed by atoms with van der Waals surface area (Å²) in [6.07, 6.45) is 3.80. The molecule has 0 saturated carbocycles. The molecule has 1 fully saturated rings. The lowest BCUT2D eigenvalue weighted by atomic mass is 9.95. The van der Waals surface area contributed by atoms with Crippen LogP contribution in [-0.4, -0.2) is 19.7 Å². The molecule has 0 spiro atoms. The van der Waals surface area contributed by atoms with Gasteiger partial charge >= 0.3 is 0 Å². The average molecular weight is 332 g/mol. The van der Waals surface area contributed by atoms with Crippen LogP contribution in [-0.2, 0) is 11.3 Å². The van der Waals surface area contributed by atoms with Gasteiger partial charge in [0.1, 0.15) is 0 Å². The van der Waals surface area contributed by atoms with E-state index in [1.54, 1.807) is 0 Å². The summed E-state index contributed by atoms with van der Waals surface area (Å²) in [7, 11) is 0. The van der Waals surface area contributed by atoms with Gasteiger partial charge in [-0.15, -0.1) is 12.4 Å². The van der Waals surface area contributed by atoms with Crippen molar-refractivity contribution in [1.82, 2.24) is 5.32 Å². The lowest BCUT2D eigenvalue weighted by Gasteiger charge is -2.22. The predicted molar refractivity (Wildman–Crippen MR) is 99.0 cm³/mol. The first-order valence-corrected chi connectivity index (χ1v) is 8.34. The van der Waals surface area contributed by atoms with Gasteiger partial charge < -0.3 is 10.1 Å². The maximum Gasteiger partial charge on any atom is 0.0716 e. The van der Waals surface area contributed by atoms with Crippen LogP contribution in [0, 0.1) is 5.92 Å². The molecule has 1 heterocycles. The van der Waals surface area contributed by atoms with E-state index in [1.807, 2.05) is 6.07 Å². The summed E-state index contributed by atoms with van der Waals surface area (Å²) in [5, 5.41) is 3.41. The van der Waals surface area contributed by atoms with Gasteiger partial charge in [0.2, 0.25) is 0 Å². The van der Waals surface area contributed by atoms with Crippen molar-refractivity contribution in [3.63, 3.8) is 0 Å². The zero-order valence-corrected chi connectivity index (χ0v) is 14.4. The molecule has 124 valence electrons. The number of nitrogens with one attached hydrogen (secondary N) is 1. The molecule has 0 aromatic heterocycles. The highest BCUT2D eigenvalue weighted by molar-refractivity contribution is 5.85. The fraction of sp³-hybridized carbons (Fsp3) is 0.400. The highest BCUT2D eigenvalue weighted by Crippen LogP contribution is 2.20. The molecule has 1 aliphatic rings. The van der Waals surface area contributed by atoms with Gasteiger partial charge in [0.15, 0.2) is 0 Å². The Bertz CT molecular complexity index is 550. The Morgan fingerprint density at radius 1 is 0.870 bits per heavy atom. The molecule has 0 atom stereocenters. The Morgan fingerprint density at radius 3 is 2.22 bits per heavy atom. The van der Waals surface area contributed by atoms with Gasteiger partial charge in [0.05, 0.1) is 6.61 Å². The molecule has 0 aliphatic carbocycles. The minimum absolute atomic E-state index is 0. The highest BCUT2D eigenvalue weighted by atomic mass is 35.5. The van der Waals surface area contributed by atoms with Crippen molar-refractivity contribution in [3.05, 3.63) is 60.2 Å². The number of benzene rings is 2. The van der Waals surface area contributed by atoms with Crippen molar-refractivity contribution in [1.29, 1.82) is 0 Å². The summed E-state index contributed by atoms with van der Waals surface area (Å²) >= 11 is 0. The summed E-state index contributed by atoms with van der Waals surface area (Å²) in [5.41, 5.74) is 3.78. The highest BCUT2D eigenvalue weighted by Gasteiger charge is 2.12. The van der Waals surface area contributed by atoms with Crippen LogP contribution in [0.15, 0.2) is 54.6 Å². The summed E-state index contributed by atoms with van der Waals surface area (Å²) in [4.78, 5) is 0. The number of piperidine rings is 1. The van der Waals surface area contributed by atoms with E-state index in [4.69, 9.17) is 4.74 Å². The molecule has 0 bridgehead atoms. The van der Waals surface area contributed by atoms with Crippen LogP contribution in [0.4, 0.5) is 0 Å². The van der Waals surface area contributed by atoms with Gasteiger partial charge in [0.25, 0.3) is 0 Å². The van der Waals surface area contributed by atoms with Crippen LogP contribution >= 0.6 is 12.4 Å². The van der Waals surface area contributed by atoms with E-state index < -0.39 is 0 Å². The summed E-state index contributed by atoms with van der Waals surface area (Å²) < 4.78 is 5.85. The second kappa shape index (κ2) is 9.71. The zero-order chi connectivity index (χ0) is 15.0. The van der Waals surface area contributed by atoms with E-state index in [0.29, 0.717) is 0 Å². The minimum atomic E-state index is 0. The van der Waals surface area contributed by atoms with Crippen LogP contribution in [0.5, 0.6) is 0 Å². The van der Waals surface area contributed by atoms with E-state index in [-0.39, 0.29) is 12.4 Å². The van der Waals surface area contributed by atoms with E-state index in [0.717, 1.165) is 19.1 Å². The molecule has 3 rings (SSSR count). The third kappa shape index (κ3) is 5.65. The van der Waals surface area contributed by atoms with Crippen LogP contribution in [0.25, 0.3) is 11.1 Å². The predicted octanol–water partition coefficient (Wildman–Crippen LogP) is 4.68. The molecule has 2 nitrogen and oxygen atoms in total. The SMILES string of the molecule is Cl.c1ccc(-c2ccc(COCCC3CCNCC3)cc2)cc1. The molecular weight excluding hydrogens is 306 g/mol. The fourth-order valence-electron chi connectivity index (χ4n) is 3.03. The number of rotatable bonds is 6. The molecule has 0 radical (unpaired) electrons. The molecule has 23 heavy (non-hydrogen) atoms. The van der Waals surface area contributed by atoms with Gasteiger partial charge in [-0.1, -0.05) is 54.6 Å². The van der Waals surface area contributed by atoms with Crippen LogP contribution < -0.4 is 5.32 Å². The van der Waals surface area contributed by atoms with Gasteiger partial charge in [-0.05, 0) is 55.0 Å². The van der Waals surface area contributed by atoms with Crippen molar-refractivity contribution in [2.24, 2.45) is 5.92 Å². The Hall–Kier alpha value is -1.35. The van der Waals surface area contributed by atoms with E-state index in [9.17, 15) is 0 Å². The average Bonchev–Trinajstić information content (AvgIpc) is 2.61. The minimum Gasteiger partial charge on any atom is -0.377 e. The largest absolute Gasteiger partial charge is 0.377 e. The van der Waals surface area contributed by atoms with E-state index >= 15 is 0 Å². The normalized spacial score (nSPS) is 15.1. The lowest BCUT2D eigenvalue weighted by Crippen LogP contribution is -2.28. The molecule has 3 heteroatoms. The number of ether oxygens (including phenoxy) is 1. The van der Waals surface area contributed by atoms with Crippen LogP contribution in [0.3, 0.4) is 0 Å². The fourth-order valence-corrected chi connectivity index (χ4v) is 3.03. The molecule has 2 aromatic carbocycles. The third-order valence-electron chi connectivity index (χ3n) is 4.46. The molecule has 2 aromatic rings. The Kier molecular flexibility index (Phi) is 7.60. The van der Waals surface area contributed by atoms with Gasteiger partial charge in [-0.25, -0.2) is 0 Å². The molecule has 1 aliphatic heterocycles. The number of halogens is 1. The Morgan fingerprint density at radius 2 is 1.52 bits per heavy atom. The molecule has 1 saturated heterocycles.